The maximum atomic E-state index is 6.42. The molecule has 0 fully saturated rings. The molecule has 1 aromatic rings. The van der Waals surface area contributed by atoms with Crippen molar-refractivity contribution < 1.29 is 4.74 Å². The minimum atomic E-state index is -0.217. The van der Waals surface area contributed by atoms with Gasteiger partial charge in [-0.1, -0.05) is 52.7 Å². The van der Waals surface area contributed by atoms with Gasteiger partial charge < -0.3 is 4.74 Å². The molecule has 0 aliphatic carbocycles. The number of allylic oxidation sites excluding steroid dienone is 6. The van der Waals surface area contributed by atoms with E-state index in [1.54, 1.807) is 0 Å². The Balaban J connectivity index is 1.81. The molecule has 1 atom stereocenters. The second-order valence-electron chi connectivity index (χ2n) is 9.25. The molecule has 1 aromatic carbocycles. The summed E-state index contributed by atoms with van der Waals surface area (Å²) < 4.78 is 6.42. The van der Waals surface area contributed by atoms with Gasteiger partial charge in [0.1, 0.15) is 11.4 Å². The van der Waals surface area contributed by atoms with Crippen LogP contribution in [0.25, 0.3) is 6.08 Å². The van der Waals surface area contributed by atoms with Crippen molar-refractivity contribution in [1.29, 1.82) is 0 Å². The summed E-state index contributed by atoms with van der Waals surface area (Å²) >= 11 is 0. The molecule has 1 aliphatic heterocycles. The molecule has 0 aromatic heterocycles. The lowest BCUT2D eigenvalue weighted by Crippen LogP contribution is -2.32. The van der Waals surface area contributed by atoms with Gasteiger partial charge in [0.2, 0.25) is 0 Å². The summed E-state index contributed by atoms with van der Waals surface area (Å²) in [6, 6.07) is 4.41. The maximum Gasteiger partial charge on any atom is 0.130 e. The summed E-state index contributed by atoms with van der Waals surface area (Å²) in [5.74, 6) is 1.05. The highest BCUT2D eigenvalue weighted by Crippen LogP contribution is 2.36. The van der Waals surface area contributed by atoms with Crippen molar-refractivity contribution in [3.8, 4) is 5.75 Å². The number of hydrogen-bond acceptors (Lipinski definition) is 1. The fourth-order valence-corrected chi connectivity index (χ4v) is 3.86. The van der Waals surface area contributed by atoms with Crippen LogP contribution in [0.1, 0.15) is 89.8 Å². The van der Waals surface area contributed by atoms with Crippen LogP contribution >= 0.6 is 0 Å². The van der Waals surface area contributed by atoms with Crippen molar-refractivity contribution in [3.63, 3.8) is 0 Å². The molecule has 0 saturated heterocycles. The summed E-state index contributed by atoms with van der Waals surface area (Å²) in [6.45, 7) is 15.3. The van der Waals surface area contributed by atoms with E-state index in [1.807, 2.05) is 0 Å². The summed E-state index contributed by atoms with van der Waals surface area (Å²) in [5.41, 5.74) is 7.91. The molecule has 0 bridgehead atoms. The third-order valence-corrected chi connectivity index (χ3v) is 5.65. The van der Waals surface area contributed by atoms with Crippen molar-refractivity contribution in [2.75, 3.05) is 0 Å². The molecule has 1 aliphatic rings. The molecular formula is C28H40O. The zero-order valence-corrected chi connectivity index (χ0v) is 19.7. The van der Waals surface area contributed by atoms with Crippen molar-refractivity contribution in [2.45, 2.75) is 92.6 Å². The molecule has 1 nitrogen and oxygen atoms in total. The van der Waals surface area contributed by atoms with Crippen LogP contribution in [0.5, 0.6) is 5.75 Å². The molecule has 0 amide bonds. The van der Waals surface area contributed by atoms with Crippen LogP contribution in [0.2, 0.25) is 0 Å². The van der Waals surface area contributed by atoms with Gasteiger partial charge in [-0.05, 0) is 105 Å². The molecule has 0 spiro atoms. The Bertz CT molecular complexity index is 815. The normalized spacial score (nSPS) is 19.0. The average molecular weight is 393 g/mol. The quantitative estimate of drug-likeness (QED) is 0.382. The summed E-state index contributed by atoms with van der Waals surface area (Å²) in [5, 5.41) is 0. The van der Waals surface area contributed by atoms with Gasteiger partial charge >= 0.3 is 0 Å². The Morgan fingerprint density at radius 1 is 0.897 bits per heavy atom. The second-order valence-corrected chi connectivity index (χ2v) is 9.25. The van der Waals surface area contributed by atoms with Gasteiger partial charge in [0.25, 0.3) is 0 Å². The van der Waals surface area contributed by atoms with Crippen LogP contribution in [0.4, 0.5) is 0 Å². The molecule has 2 rings (SSSR count). The van der Waals surface area contributed by atoms with E-state index in [4.69, 9.17) is 4.74 Å². The lowest BCUT2D eigenvalue weighted by molar-refractivity contribution is 0.127. The van der Waals surface area contributed by atoms with Crippen molar-refractivity contribution in [1.82, 2.24) is 0 Å². The molecule has 1 heteroatoms. The Hall–Kier alpha value is -2.02. The van der Waals surface area contributed by atoms with Gasteiger partial charge in [-0.25, -0.2) is 0 Å². The van der Waals surface area contributed by atoms with Crippen molar-refractivity contribution >= 4 is 6.08 Å². The Kier molecular flexibility index (Phi) is 8.56. The van der Waals surface area contributed by atoms with E-state index in [-0.39, 0.29) is 5.60 Å². The van der Waals surface area contributed by atoms with Crippen LogP contribution in [0.3, 0.4) is 0 Å². The average Bonchev–Trinajstić information content (AvgIpc) is 2.62. The summed E-state index contributed by atoms with van der Waals surface area (Å²) in [4.78, 5) is 0. The van der Waals surface area contributed by atoms with E-state index in [0.717, 1.165) is 37.9 Å². The molecule has 1 heterocycles. The number of ether oxygens (including phenoxy) is 1. The van der Waals surface area contributed by atoms with Gasteiger partial charge in [-0.2, -0.15) is 0 Å². The van der Waals surface area contributed by atoms with Crippen LogP contribution in [0, 0.1) is 13.8 Å². The van der Waals surface area contributed by atoms with E-state index >= 15 is 0 Å². The summed E-state index contributed by atoms with van der Waals surface area (Å²) in [7, 11) is 0. The SMILES string of the molecule is CC(C)=CCCC(C)=CCCC(C)=CCC[C@@]1(C)C=Cc2cc(C)cc(C)c2O1. The minimum absolute atomic E-state index is 0.217. The number of fused-ring (bicyclic) bond motifs is 1. The first-order valence-electron chi connectivity index (χ1n) is 11.1. The van der Waals surface area contributed by atoms with E-state index < -0.39 is 0 Å². The van der Waals surface area contributed by atoms with E-state index in [0.29, 0.717) is 0 Å². The lowest BCUT2D eigenvalue weighted by Gasteiger charge is -2.32. The van der Waals surface area contributed by atoms with Gasteiger partial charge in [-0.15, -0.1) is 0 Å². The zero-order chi connectivity index (χ0) is 21.4. The largest absolute Gasteiger partial charge is 0.483 e. The van der Waals surface area contributed by atoms with Crippen LogP contribution < -0.4 is 4.74 Å². The van der Waals surface area contributed by atoms with Gasteiger partial charge in [0.15, 0.2) is 0 Å². The molecule has 0 radical (unpaired) electrons. The first-order chi connectivity index (χ1) is 13.7. The molecule has 0 N–H and O–H groups in total. The van der Waals surface area contributed by atoms with E-state index in [9.17, 15) is 0 Å². The van der Waals surface area contributed by atoms with Gasteiger partial charge in [-0.3, -0.25) is 0 Å². The highest BCUT2D eigenvalue weighted by atomic mass is 16.5. The van der Waals surface area contributed by atoms with Crippen LogP contribution in [-0.2, 0) is 0 Å². The molecule has 0 unspecified atom stereocenters. The predicted octanol–water partition coefficient (Wildman–Crippen LogP) is 8.67. The third kappa shape index (κ3) is 7.72. The highest BCUT2D eigenvalue weighted by Gasteiger charge is 2.27. The summed E-state index contributed by atoms with van der Waals surface area (Å²) in [6.07, 6.45) is 18.3. The standard InChI is InChI=1S/C28H40O/c1-21(2)11-8-12-22(3)13-9-14-23(4)15-10-17-28(7)18-16-26-20-24(5)19-25(6)27(26)29-28/h11,13,15-16,18-20H,8-10,12,14,17H2,1-7H3/t28-/m0/s1. The topological polar surface area (TPSA) is 9.23 Å². The second kappa shape index (κ2) is 10.7. The maximum absolute atomic E-state index is 6.42. The van der Waals surface area contributed by atoms with Crippen molar-refractivity contribution in [2.24, 2.45) is 0 Å². The smallest absolute Gasteiger partial charge is 0.130 e. The Morgan fingerprint density at radius 2 is 1.52 bits per heavy atom. The van der Waals surface area contributed by atoms with E-state index in [1.165, 1.54) is 39.8 Å². The number of aryl methyl sites for hydroxylation is 2. The van der Waals surface area contributed by atoms with E-state index in [2.05, 4.69) is 91.0 Å². The fraction of sp³-hybridized carbons (Fsp3) is 0.500. The molecule has 158 valence electrons. The van der Waals surface area contributed by atoms with Crippen molar-refractivity contribution in [3.05, 3.63) is 69.8 Å². The Labute approximate surface area is 179 Å². The fourth-order valence-electron chi connectivity index (χ4n) is 3.86. The Morgan fingerprint density at radius 3 is 2.17 bits per heavy atom. The van der Waals surface area contributed by atoms with Gasteiger partial charge in [0, 0.05) is 5.56 Å². The van der Waals surface area contributed by atoms with Crippen LogP contribution in [0.15, 0.2) is 53.2 Å². The van der Waals surface area contributed by atoms with Crippen LogP contribution in [-0.4, -0.2) is 5.60 Å². The predicted molar refractivity (Wildman–Crippen MR) is 129 cm³/mol. The molecule has 0 saturated carbocycles. The minimum Gasteiger partial charge on any atom is -0.483 e. The third-order valence-electron chi connectivity index (χ3n) is 5.65. The first-order valence-corrected chi connectivity index (χ1v) is 11.1. The molecular weight excluding hydrogens is 352 g/mol. The zero-order valence-electron chi connectivity index (χ0n) is 19.7. The lowest BCUT2D eigenvalue weighted by atomic mass is 9.93. The molecule has 29 heavy (non-hydrogen) atoms. The highest BCUT2D eigenvalue weighted by molar-refractivity contribution is 5.64. The number of benzene rings is 1. The number of rotatable bonds is 9. The monoisotopic (exact) mass is 392 g/mol. The first kappa shape index (κ1) is 23.3. The number of hydrogen-bond donors (Lipinski definition) is 0. The van der Waals surface area contributed by atoms with Gasteiger partial charge in [0.05, 0.1) is 0 Å².